The van der Waals surface area contributed by atoms with E-state index in [2.05, 4.69) is 9.88 Å². The molecule has 39 heavy (non-hydrogen) atoms. The van der Waals surface area contributed by atoms with Crippen LogP contribution in [0.5, 0.6) is 0 Å². The fourth-order valence-corrected chi connectivity index (χ4v) is 6.18. The number of carbonyl (C=O) groups is 1. The van der Waals surface area contributed by atoms with E-state index in [4.69, 9.17) is 4.98 Å². The molecule has 1 atom stereocenters. The van der Waals surface area contributed by atoms with Crippen molar-refractivity contribution in [3.8, 4) is 0 Å². The Morgan fingerprint density at radius 1 is 1.08 bits per heavy atom. The number of alkyl halides is 3. The van der Waals surface area contributed by atoms with Crippen molar-refractivity contribution in [2.24, 2.45) is 11.8 Å². The highest BCUT2D eigenvalue weighted by atomic mass is 32.2. The average Bonchev–Trinajstić information content (AvgIpc) is 3.66. The minimum atomic E-state index is -4.13. The lowest BCUT2D eigenvalue weighted by Gasteiger charge is -2.29. The number of hydrogen-bond donors (Lipinski definition) is 2. The lowest BCUT2D eigenvalue weighted by molar-refractivity contribution is -0.183. The number of amides is 1. The molecule has 0 unspecified atom stereocenters. The third kappa shape index (κ3) is 6.14. The number of rotatable bonds is 8. The van der Waals surface area contributed by atoms with Gasteiger partial charge < -0.3 is 15.0 Å². The van der Waals surface area contributed by atoms with E-state index in [1.807, 2.05) is 6.07 Å². The van der Waals surface area contributed by atoms with Crippen molar-refractivity contribution in [2.75, 3.05) is 12.9 Å². The van der Waals surface area contributed by atoms with Crippen molar-refractivity contribution >= 4 is 26.8 Å². The van der Waals surface area contributed by atoms with Gasteiger partial charge >= 0.3 is 6.18 Å². The van der Waals surface area contributed by atoms with Crippen molar-refractivity contribution < 1.29 is 31.5 Å². The normalized spacial score (nSPS) is 21.2. The first kappa shape index (κ1) is 27.6. The van der Waals surface area contributed by atoms with Gasteiger partial charge in [-0.15, -0.1) is 0 Å². The summed E-state index contributed by atoms with van der Waals surface area (Å²) in [4.78, 5) is 18.1. The molecule has 0 saturated heterocycles. The summed E-state index contributed by atoms with van der Waals surface area (Å²) in [5, 5.41) is 12.7. The number of hydrogen-bond acceptors (Lipinski definition) is 5. The third-order valence-corrected chi connectivity index (χ3v) is 9.04. The zero-order valence-electron chi connectivity index (χ0n) is 21.6. The first-order valence-corrected chi connectivity index (χ1v) is 15.1. The van der Waals surface area contributed by atoms with Gasteiger partial charge in [0.15, 0.2) is 9.84 Å². The molecule has 7 nitrogen and oxygen atoms in total. The average molecular weight is 564 g/mol. The van der Waals surface area contributed by atoms with Gasteiger partial charge in [-0.3, -0.25) is 4.79 Å². The highest BCUT2D eigenvalue weighted by Crippen LogP contribution is 2.42. The predicted octanol–water partition coefficient (Wildman–Crippen LogP) is 5.15. The van der Waals surface area contributed by atoms with Gasteiger partial charge in [-0.25, -0.2) is 13.4 Å². The quantitative estimate of drug-likeness (QED) is 0.395. The summed E-state index contributed by atoms with van der Waals surface area (Å²) in [6.45, 7) is -0.372. The van der Waals surface area contributed by atoms with Gasteiger partial charge in [0.2, 0.25) is 0 Å². The molecule has 0 aliphatic heterocycles. The van der Waals surface area contributed by atoms with Gasteiger partial charge in [0.1, 0.15) is 5.82 Å². The standard InChI is InChI=1S/C28H32F3N3O4S/c1-39(37,38)22-11-4-18(5-12-22)24(16-35)33-27(36)19-6-13-25-23(15-19)32-26(34(25)21-9-10-21)14-17-2-7-20(8-3-17)28(29,30)31/h4-6,11-13,15,17,20-21,24,35H,2-3,7-10,14,16H2,1H3,(H,33,36)/t17?,20?,24-/m0/s1. The van der Waals surface area contributed by atoms with Crippen LogP contribution in [0, 0.1) is 11.8 Å². The number of fused-ring (bicyclic) bond motifs is 1. The Morgan fingerprint density at radius 3 is 2.31 bits per heavy atom. The number of imidazole rings is 1. The maximum Gasteiger partial charge on any atom is 0.391 e. The number of aliphatic hydroxyl groups is 1. The van der Waals surface area contributed by atoms with Crippen LogP contribution < -0.4 is 5.32 Å². The topological polar surface area (TPSA) is 101 Å². The maximum absolute atomic E-state index is 13.1. The van der Waals surface area contributed by atoms with Gasteiger partial charge in [-0.05, 0) is 80.3 Å². The first-order chi connectivity index (χ1) is 18.4. The van der Waals surface area contributed by atoms with Crippen molar-refractivity contribution in [2.45, 2.75) is 68.1 Å². The zero-order chi connectivity index (χ0) is 27.9. The Morgan fingerprint density at radius 2 is 1.74 bits per heavy atom. The summed E-state index contributed by atoms with van der Waals surface area (Å²) in [5.41, 5.74) is 2.50. The van der Waals surface area contributed by atoms with Gasteiger partial charge in [0.25, 0.3) is 5.91 Å². The van der Waals surface area contributed by atoms with Crippen LogP contribution in [0.2, 0.25) is 0 Å². The molecule has 2 saturated carbocycles. The van der Waals surface area contributed by atoms with Gasteiger partial charge in [-0.1, -0.05) is 12.1 Å². The van der Waals surface area contributed by atoms with E-state index in [1.54, 1.807) is 24.3 Å². The lowest BCUT2D eigenvalue weighted by atomic mass is 9.80. The molecule has 0 spiro atoms. The molecule has 210 valence electrons. The summed E-state index contributed by atoms with van der Waals surface area (Å²) in [7, 11) is -3.36. The third-order valence-electron chi connectivity index (χ3n) is 7.92. The van der Waals surface area contributed by atoms with E-state index >= 15 is 0 Å². The van der Waals surface area contributed by atoms with Gasteiger partial charge in [0, 0.05) is 24.3 Å². The number of aliphatic hydroxyl groups excluding tert-OH is 1. The molecular formula is C28H32F3N3O4S. The van der Waals surface area contributed by atoms with Crippen LogP contribution in [0.1, 0.15) is 72.4 Å². The van der Waals surface area contributed by atoms with E-state index in [0.717, 1.165) is 30.4 Å². The summed E-state index contributed by atoms with van der Waals surface area (Å²) >= 11 is 0. The van der Waals surface area contributed by atoms with Crippen LogP contribution >= 0.6 is 0 Å². The molecular weight excluding hydrogens is 531 g/mol. The minimum absolute atomic E-state index is 0.148. The molecule has 2 fully saturated rings. The van der Waals surface area contributed by atoms with Crippen molar-refractivity contribution in [3.05, 3.63) is 59.4 Å². The van der Waals surface area contributed by atoms with E-state index in [9.17, 15) is 31.5 Å². The highest BCUT2D eigenvalue weighted by Gasteiger charge is 2.41. The molecule has 1 aromatic heterocycles. The summed E-state index contributed by atoms with van der Waals surface area (Å²) in [5.74, 6) is -0.603. The second kappa shape index (κ2) is 10.6. The Balaban J connectivity index is 1.32. The van der Waals surface area contributed by atoms with Crippen LogP contribution in [-0.2, 0) is 16.3 Å². The van der Waals surface area contributed by atoms with Gasteiger partial charge in [0.05, 0.1) is 34.5 Å². The van der Waals surface area contributed by atoms with Crippen LogP contribution in [0.3, 0.4) is 0 Å². The number of nitrogens with one attached hydrogen (secondary N) is 1. The maximum atomic E-state index is 13.1. The van der Waals surface area contributed by atoms with Crippen LogP contribution in [0.4, 0.5) is 13.2 Å². The van der Waals surface area contributed by atoms with Crippen LogP contribution in [0.25, 0.3) is 11.0 Å². The smallest absolute Gasteiger partial charge is 0.391 e. The van der Waals surface area contributed by atoms with E-state index < -0.39 is 33.9 Å². The predicted molar refractivity (Wildman–Crippen MR) is 140 cm³/mol. The Kier molecular flexibility index (Phi) is 7.49. The lowest BCUT2D eigenvalue weighted by Crippen LogP contribution is -2.30. The summed E-state index contributed by atoms with van der Waals surface area (Å²) < 4.78 is 64.9. The molecule has 1 amide bonds. The molecule has 11 heteroatoms. The second-order valence-electron chi connectivity index (χ2n) is 10.8. The van der Waals surface area contributed by atoms with Crippen molar-refractivity contribution in [3.63, 3.8) is 0 Å². The molecule has 2 aliphatic rings. The summed E-state index contributed by atoms with van der Waals surface area (Å²) in [6, 6.07) is 10.9. The minimum Gasteiger partial charge on any atom is -0.394 e. The Labute approximate surface area is 225 Å². The number of sulfone groups is 1. The van der Waals surface area contributed by atoms with Crippen LogP contribution in [0.15, 0.2) is 47.4 Å². The fourth-order valence-electron chi connectivity index (χ4n) is 5.55. The number of nitrogens with zero attached hydrogens (tertiary/aromatic N) is 2. The molecule has 0 radical (unpaired) electrons. The number of aromatic nitrogens is 2. The van der Waals surface area contributed by atoms with E-state index in [0.29, 0.717) is 41.9 Å². The Bertz CT molecular complexity index is 1460. The molecule has 1 heterocycles. The SMILES string of the molecule is CS(=O)(=O)c1ccc([C@H](CO)NC(=O)c2ccc3c(c2)nc(CC2CCC(C(F)(F)F)CC2)n3C2CC2)cc1. The van der Waals surface area contributed by atoms with E-state index in [-0.39, 0.29) is 30.3 Å². The number of benzene rings is 2. The first-order valence-electron chi connectivity index (χ1n) is 13.2. The zero-order valence-corrected chi connectivity index (χ0v) is 22.4. The summed E-state index contributed by atoms with van der Waals surface area (Å²) in [6.07, 6.45) is 1.02. The molecule has 2 N–H and O–H groups in total. The van der Waals surface area contributed by atoms with E-state index in [1.165, 1.54) is 12.1 Å². The second-order valence-corrected chi connectivity index (χ2v) is 12.9. The van der Waals surface area contributed by atoms with Gasteiger partial charge in [-0.2, -0.15) is 13.2 Å². The monoisotopic (exact) mass is 563 g/mol. The molecule has 2 aliphatic carbocycles. The van der Waals surface area contributed by atoms with Crippen molar-refractivity contribution in [1.29, 1.82) is 0 Å². The number of halogens is 3. The molecule has 2 aromatic carbocycles. The number of carbonyl (C=O) groups excluding carboxylic acids is 1. The largest absolute Gasteiger partial charge is 0.394 e. The van der Waals surface area contributed by atoms with Crippen LogP contribution in [-0.4, -0.2) is 48.0 Å². The Hall–Kier alpha value is -2.92. The van der Waals surface area contributed by atoms with Crippen molar-refractivity contribution in [1.82, 2.24) is 14.9 Å². The molecule has 3 aromatic rings. The molecule has 0 bridgehead atoms. The molecule has 5 rings (SSSR count). The highest BCUT2D eigenvalue weighted by molar-refractivity contribution is 7.90. The fraction of sp³-hybridized carbons (Fsp3) is 0.500.